The Bertz CT molecular complexity index is 1010. The van der Waals surface area contributed by atoms with Crippen LogP contribution in [-0.4, -0.2) is 33.8 Å². The van der Waals surface area contributed by atoms with Crippen LogP contribution in [0.15, 0.2) is 88.7 Å². The van der Waals surface area contributed by atoms with Gasteiger partial charge in [0.2, 0.25) is 0 Å². The average Bonchev–Trinajstić information content (AvgIpc) is 2.83. The van der Waals surface area contributed by atoms with Gasteiger partial charge >= 0.3 is 5.97 Å². The van der Waals surface area contributed by atoms with Gasteiger partial charge in [0.25, 0.3) is 5.91 Å². The van der Waals surface area contributed by atoms with Crippen molar-refractivity contribution >= 4 is 23.3 Å². The van der Waals surface area contributed by atoms with E-state index in [0.29, 0.717) is 11.3 Å². The smallest absolute Gasteiger partial charge is 0.339 e. The third-order valence-corrected chi connectivity index (χ3v) is 4.72. The van der Waals surface area contributed by atoms with Crippen molar-refractivity contribution in [1.29, 1.82) is 0 Å². The zero-order chi connectivity index (χ0) is 26.4. The third kappa shape index (κ3) is 8.35. The highest BCUT2D eigenvalue weighted by molar-refractivity contribution is 6.17. The van der Waals surface area contributed by atoms with Crippen LogP contribution in [0, 0.1) is 0 Å². The van der Waals surface area contributed by atoms with E-state index >= 15 is 0 Å². The van der Waals surface area contributed by atoms with Crippen molar-refractivity contribution in [3.63, 3.8) is 0 Å². The van der Waals surface area contributed by atoms with Gasteiger partial charge in [0.1, 0.15) is 5.84 Å². The fourth-order valence-corrected chi connectivity index (χ4v) is 3.11. The number of nitrogens with zero attached hydrogens (tertiary/aromatic N) is 2. The first-order valence-corrected chi connectivity index (χ1v) is 11.5. The van der Waals surface area contributed by atoms with E-state index in [2.05, 4.69) is 11.6 Å². The lowest BCUT2D eigenvalue weighted by atomic mass is 9.99. The fourth-order valence-electron chi connectivity index (χ4n) is 3.11. The van der Waals surface area contributed by atoms with E-state index in [0.717, 1.165) is 16.7 Å². The van der Waals surface area contributed by atoms with E-state index in [1.54, 1.807) is 26.1 Å². The molecule has 1 atom stereocenters. The lowest BCUT2D eigenvalue weighted by molar-refractivity contribution is -0.132. The predicted octanol–water partition coefficient (Wildman–Crippen LogP) is 6.11. The number of aliphatic carboxylic acids is 1. The molecule has 0 bridgehead atoms. The number of allylic oxidation sites excluding steroid dienone is 4. The summed E-state index contributed by atoms with van der Waals surface area (Å²) in [6.07, 6.45) is 6.56. The molecule has 0 saturated carbocycles. The minimum absolute atomic E-state index is 0.0644. The predicted molar refractivity (Wildman–Crippen MR) is 143 cm³/mol. The fraction of sp³-hybridized carbons (Fsp3) is 0.321. The van der Waals surface area contributed by atoms with Gasteiger partial charge in [0.05, 0.1) is 11.6 Å². The zero-order valence-corrected chi connectivity index (χ0v) is 21.7. The minimum Gasteiger partial charge on any atom is -0.478 e. The van der Waals surface area contributed by atoms with Gasteiger partial charge in [0, 0.05) is 23.5 Å². The number of amides is 1. The van der Waals surface area contributed by atoms with Crippen LogP contribution in [0.1, 0.15) is 61.0 Å². The van der Waals surface area contributed by atoms with Crippen LogP contribution >= 0.6 is 0 Å². The number of hydrogen-bond donors (Lipinski definition) is 2. The number of rotatable bonds is 6. The van der Waals surface area contributed by atoms with Gasteiger partial charge in [-0.15, -0.1) is 0 Å². The Hall–Kier alpha value is -3.67. The second-order valence-corrected chi connectivity index (χ2v) is 7.02. The molecule has 1 aliphatic heterocycles. The monoisotopic (exact) mass is 465 g/mol. The molecular formula is C28H39N3O3. The molecule has 1 heterocycles. The van der Waals surface area contributed by atoms with Gasteiger partial charge < -0.3 is 10.8 Å². The molecule has 0 spiro atoms. The first-order valence-electron chi connectivity index (χ1n) is 11.5. The summed E-state index contributed by atoms with van der Waals surface area (Å²) in [6.45, 7) is 19.2. The molecule has 0 radical (unpaired) electrons. The Morgan fingerprint density at radius 2 is 1.71 bits per heavy atom. The molecule has 1 aliphatic rings. The Kier molecular flexibility index (Phi) is 13.6. The average molecular weight is 466 g/mol. The van der Waals surface area contributed by atoms with Crippen LogP contribution in [0.4, 0.5) is 0 Å². The molecule has 0 aliphatic carbocycles. The molecule has 6 nitrogen and oxygen atoms in total. The molecule has 6 heteroatoms. The molecule has 0 fully saturated rings. The number of carboxylic acid groups (broad SMARTS) is 1. The minimum atomic E-state index is -1.14. The maximum atomic E-state index is 12.9. The highest BCUT2D eigenvalue weighted by atomic mass is 16.4. The van der Waals surface area contributed by atoms with Gasteiger partial charge in [-0.2, -0.15) is 0 Å². The van der Waals surface area contributed by atoms with Crippen molar-refractivity contribution in [1.82, 2.24) is 4.90 Å². The molecule has 34 heavy (non-hydrogen) atoms. The van der Waals surface area contributed by atoms with Crippen molar-refractivity contribution in [3.05, 3.63) is 89.3 Å². The molecule has 1 aromatic carbocycles. The summed E-state index contributed by atoms with van der Waals surface area (Å²) in [4.78, 5) is 30.0. The zero-order valence-electron chi connectivity index (χ0n) is 21.7. The summed E-state index contributed by atoms with van der Waals surface area (Å²) in [6, 6.07) is 9.16. The highest BCUT2D eigenvalue weighted by Crippen LogP contribution is 2.28. The van der Waals surface area contributed by atoms with Crippen LogP contribution in [0.2, 0.25) is 0 Å². The first-order chi connectivity index (χ1) is 16.1. The first kappa shape index (κ1) is 30.3. The number of carbonyl (C=O) groups excluding carboxylic acids is 1. The number of carbonyl (C=O) groups is 2. The third-order valence-electron chi connectivity index (χ3n) is 4.72. The Morgan fingerprint density at radius 3 is 2.21 bits per heavy atom. The van der Waals surface area contributed by atoms with Crippen molar-refractivity contribution in [3.8, 4) is 0 Å². The number of nitrogens with two attached hydrogens (primary N) is 1. The number of aliphatic imine (C=N–C) groups is 1. The Balaban J connectivity index is 0.00000258. The SMILES string of the molecule is C=C1C(C(C)N=C(N)/C(=C\C)C(=O)O)=CC(C)=CN1C(=O)/C=C(\C)c1ccccc1.CC.CC. The van der Waals surface area contributed by atoms with Crippen molar-refractivity contribution < 1.29 is 14.7 Å². The van der Waals surface area contributed by atoms with Crippen molar-refractivity contribution in [2.75, 3.05) is 0 Å². The standard InChI is InChI=1S/C24H27N3O3.2C2H6/c1-6-20(24(29)30)23(25)26-17(4)21-12-15(2)14-27(18(21)5)22(28)13-16(3)19-10-8-7-9-11-19;2*1-2/h6-14,17H,5H2,1-4H3,(H2,25,26)(H,29,30);2*1-2H3/b16-13+,20-6+;;. The van der Waals surface area contributed by atoms with Gasteiger partial charge in [-0.25, -0.2) is 4.79 Å². The number of hydrogen-bond acceptors (Lipinski definition) is 3. The molecule has 184 valence electrons. The molecule has 1 aromatic rings. The quantitative estimate of drug-likeness (QED) is 0.301. The summed E-state index contributed by atoms with van der Waals surface area (Å²) in [5.41, 5.74) is 9.63. The van der Waals surface area contributed by atoms with E-state index in [-0.39, 0.29) is 17.3 Å². The van der Waals surface area contributed by atoms with E-state index in [4.69, 9.17) is 5.73 Å². The topological polar surface area (TPSA) is 96.0 Å². The second kappa shape index (κ2) is 15.2. The Labute approximate surface area is 204 Å². The van der Waals surface area contributed by atoms with E-state index in [1.165, 1.54) is 11.0 Å². The summed E-state index contributed by atoms with van der Waals surface area (Å²) in [5.74, 6) is -1.44. The van der Waals surface area contributed by atoms with Gasteiger partial charge in [0.15, 0.2) is 0 Å². The second-order valence-electron chi connectivity index (χ2n) is 7.02. The number of benzene rings is 1. The number of carboxylic acids is 1. The van der Waals surface area contributed by atoms with Crippen molar-refractivity contribution in [2.45, 2.75) is 61.4 Å². The molecular weight excluding hydrogens is 426 g/mol. The van der Waals surface area contributed by atoms with Crippen LogP contribution in [0.3, 0.4) is 0 Å². The van der Waals surface area contributed by atoms with Crippen LogP contribution in [0.5, 0.6) is 0 Å². The lowest BCUT2D eigenvalue weighted by Crippen LogP contribution is -2.30. The Morgan fingerprint density at radius 1 is 1.15 bits per heavy atom. The van der Waals surface area contributed by atoms with Crippen LogP contribution in [-0.2, 0) is 9.59 Å². The van der Waals surface area contributed by atoms with Crippen molar-refractivity contribution in [2.24, 2.45) is 10.7 Å². The molecule has 0 aromatic heterocycles. The van der Waals surface area contributed by atoms with E-state index < -0.39 is 12.0 Å². The largest absolute Gasteiger partial charge is 0.478 e. The number of amidine groups is 1. The lowest BCUT2D eigenvalue weighted by Gasteiger charge is -2.28. The normalized spacial score (nSPS) is 15.1. The van der Waals surface area contributed by atoms with E-state index in [9.17, 15) is 14.7 Å². The van der Waals surface area contributed by atoms with Crippen LogP contribution < -0.4 is 5.73 Å². The summed E-state index contributed by atoms with van der Waals surface area (Å²) in [7, 11) is 0. The van der Waals surface area contributed by atoms with Gasteiger partial charge in [-0.3, -0.25) is 14.7 Å². The summed E-state index contributed by atoms with van der Waals surface area (Å²) >= 11 is 0. The molecule has 0 saturated heterocycles. The maximum Gasteiger partial charge on any atom is 0.339 e. The van der Waals surface area contributed by atoms with E-state index in [1.807, 2.05) is 78.0 Å². The molecule has 1 unspecified atom stereocenters. The van der Waals surface area contributed by atoms with Gasteiger partial charge in [-0.1, -0.05) is 76.8 Å². The summed E-state index contributed by atoms with van der Waals surface area (Å²) < 4.78 is 0. The molecule has 2 rings (SSSR count). The van der Waals surface area contributed by atoms with Gasteiger partial charge in [-0.05, 0) is 44.4 Å². The van der Waals surface area contributed by atoms with Crippen LogP contribution in [0.25, 0.3) is 5.57 Å². The maximum absolute atomic E-state index is 12.9. The summed E-state index contributed by atoms with van der Waals surface area (Å²) in [5, 5.41) is 9.22. The highest BCUT2D eigenvalue weighted by Gasteiger charge is 2.24. The molecule has 1 amide bonds. The molecule has 3 N–H and O–H groups in total.